The van der Waals surface area contributed by atoms with E-state index in [1.165, 1.54) is 24.9 Å². The highest BCUT2D eigenvalue weighted by molar-refractivity contribution is 7.98. The van der Waals surface area contributed by atoms with Gasteiger partial charge in [-0.3, -0.25) is 9.36 Å². The molecule has 40 heavy (non-hydrogen) atoms. The summed E-state index contributed by atoms with van der Waals surface area (Å²) in [4.78, 5) is 12.9. The third kappa shape index (κ3) is 7.35. The molecule has 0 fully saturated rings. The Morgan fingerprint density at radius 3 is 2.52 bits per heavy atom. The number of hydrogen-bond donors (Lipinski definition) is 1. The van der Waals surface area contributed by atoms with E-state index in [1.807, 2.05) is 18.2 Å². The van der Waals surface area contributed by atoms with Gasteiger partial charge < -0.3 is 14.8 Å². The third-order valence-corrected chi connectivity index (χ3v) is 6.94. The van der Waals surface area contributed by atoms with Crippen molar-refractivity contribution in [3.05, 3.63) is 95.3 Å². The summed E-state index contributed by atoms with van der Waals surface area (Å²) in [5.74, 6) is 1.62. The lowest BCUT2D eigenvalue weighted by Crippen LogP contribution is -2.24. The van der Waals surface area contributed by atoms with Crippen LogP contribution in [0.1, 0.15) is 47.1 Å². The summed E-state index contributed by atoms with van der Waals surface area (Å²) in [6, 6.07) is 19.3. The summed E-state index contributed by atoms with van der Waals surface area (Å²) in [7, 11) is 1.54. The Labute approximate surface area is 234 Å². The van der Waals surface area contributed by atoms with Gasteiger partial charge in [-0.05, 0) is 54.4 Å². The van der Waals surface area contributed by atoms with Crippen molar-refractivity contribution < 1.29 is 27.4 Å². The molecule has 0 aliphatic rings. The van der Waals surface area contributed by atoms with Crippen LogP contribution < -0.4 is 14.8 Å². The number of ether oxygens (including phenoxy) is 2. The normalized spacial score (nSPS) is 11.3. The summed E-state index contributed by atoms with van der Waals surface area (Å²) in [5.41, 5.74) is 0.886. The molecule has 1 heterocycles. The van der Waals surface area contributed by atoms with E-state index in [2.05, 4.69) is 22.4 Å². The van der Waals surface area contributed by atoms with Crippen molar-refractivity contribution in [2.75, 3.05) is 13.7 Å². The maximum absolute atomic E-state index is 13.2. The van der Waals surface area contributed by atoms with Crippen LogP contribution in [0.4, 0.5) is 13.2 Å². The molecule has 0 saturated heterocycles. The van der Waals surface area contributed by atoms with Crippen molar-refractivity contribution >= 4 is 17.7 Å². The SMILES string of the molecule is CCCCOc1ccc(C(=O)NCc2nnc(SCc3cccc(C(F)(F)F)c3)n2-c2ccccc2OC)cc1. The topological polar surface area (TPSA) is 78.3 Å². The number of thioether (sulfide) groups is 1. The number of alkyl halides is 3. The fourth-order valence-corrected chi connectivity index (χ4v) is 4.76. The number of aromatic nitrogens is 3. The monoisotopic (exact) mass is 570 g/mol. The fraction of sp³-hybridized carbons (Fsp3) is 0.276. The lowest BCUT2D eigenvalue weighted by atomic mass is 10.1. The van der Waals surface area contributed by atoms with Gasteiger partial charge in [0, 0.05) is 11.3 Å². The van der Waals surface area contributed by atoms with Gasteiger partial charge in [-0.15, -0.1) is 10.2 Å². The van der Waals surface area contributed by atoms with Crippen LogP contribution >= 0.6 is 11.8 Å². The van der Waals surface area contributed by atoms with Crippen molar-refractivity contribution in [2.45, 2.75) is 43.4 Å². The molecule has 4 aromatic rings. The first-order valence-corrected chi connectivity index (χ1v) is 13.7. The lowest BCUT2D eigenvalue weighted by Gasteiger charge is -2.14. The fourth-order valence-electron chi connectivity index (χ4n) is 3.85. The Balaban J connectivity index is 1.53. The van der Waals surface area contributed by atoms with Gasteiger partial charge in [-0.25, -0.2) is 0 Å². The zero-order chi connectivity index (χ0) is 28.5. The molecule has 0 bridgehead atoms. The van der Waals surface area contributed by atoms with Gasteiger partial charge in [-0.1, -0.05) is 55.4 Å². The number of carbonyl (C=O) groups is 1. The van der Waals surface area contributed by atoms with E-state index < -0.39 is 11.7 Å². The van der Waals surface area contributed by atoms with Crippen LogP contribution in [-0.2, 0) is 18.5 Å². The molecule has 0 atom stereocenters. The Kier molecular flexibility index (Phi) is 9.70. The molecule has 0 unspecified atom stereocenters. The molecule has 1 amide bonds. The quantitative estimate of drug-likeness (QED) is 0.151. The maximum Gasteiger partial charge on any atom is 0.416 e. The lowest BCUT2D eigenvalue weighted by molar-refractivity contribution is -0.137. The van der Waals surface area contributed by atoms with Gasteiger partial charge in [-0.2, -0.15) is 13.2 Å². The molecule has 1 aromatic heterocycles. The predicted molar refractivity (Wildman–Crippen MR) is 147 cm³/mol. The number of benzene rings is 3. The van der Waals surface area contributed by atoms with Crippen LogP contribution in [0.2, 0.25) is 0 Å². The number of nitrogens with one attached hydrogen (secondary N) is 1. The summed E-state index contributed by atoms with van der Waals surface area (Å²) in [5, 5.41) is 11.9. The summed E-state index contributed by atoms with van der Waals surface area (Å²) < 4.78 is 52.4. The van der Waals surface area contributed by atoms with E-state index in [9.17, 15) is 18.0 Å². The number of halogens is 3. The molecule has 0 aliphatic heterocycles. The second kappa shape index (κ2) is 13.4. The zero-order valence-corrected chi connectivity index (χ0v) is 22.9. The number of hydrogen-bond acceptors (Lipinski definition) is 6. The average Bonchev–Trinajstić information content (AvgIpc) is 3.37. The number of amides is 1. The van der Waals surface area contributed by atoms with Gasteiger partial charge in [0.1, 0.15) is 11.5 Å². The molecule has 210 valence electrons. The van der Waals surface area contributed by atoms with E-state index in [-0.39, 0.29) is 18.2 Å². The molecule has 0 saturated carbocycles. The van der Waals surface area contributed by atoms with E-state index in [4.69, 9.17) is 9.47 Å². The van der Waals surface area contributed by atoms with Gasteiger partial charge in [0.15, 0.2) is 11.0 Å². The molecule has 1 N–H and O–H groups in total. The summed E-state index contributed by atoms with van der Waals surface area (Å²) in [6.07, 6.45) is -2.44. The Morgan fingerprint density at radius 2 is 1.80 bits per heavy atom. The summed E-state index contributed by atoms with van der Waals surface area (Å²) >= 11 is 1.23. The number of para-hydroxylation sites is 2. The third-order valence-electron chi connectivity index (χ3n) is 5.94. The van der Waals surface area contributed by atoms with Crippen LogP contribution in [0.25, 0.3) is 5.69 Å². The Morgan fingerprint density at radius 1 is 1.02 bits per heavy atom. The van der Waals surface area contributed by atoms with E-state index >= 15 is 0 Å². The van der Waals surface area contributed by atoms with E-state index in [0.29, 0.717) is 45.9 Å². The molecular weight excluding hydrogens is 541 g/mol. The minimum atomic E-state index is -4.42. The standard InChI is InChI=1S/C29H29F3N4O3S/c1-3-4-16-39-23-14-12-21(13-15-23)27(37)33-18-26-34-35-28(36(26)24-10-5-6-11-25(24)38-2)40-19-20-8-7-9-22(17-20)29(30,31)32/h5-15,17H,3-4,16,18-19H2,1-2H3,(H,33,37). The van der Waals surface area contributed by atoms with Crippen molar-refractivity contribution in [3.8, 4) is 17.2 Å². The average molecular weight is 571 g/mol. The van der Waals surface area contributed by atoms with Gasteiger partial charge >= 0.3 is 6.18 Å². The number of carbonyl (C=O) groups excluding carboxylic acids is 1. The van der Waals surface area contributed by atoms with Crippen LogP contribution in [0.15, 0.2) is 78.0 Å². The van der Waals surface area contributed by atoms with Gasteiger partial charge in [0.05, 0.1) is 31.5 Å². The molecule has 4 rings (SSSR count). The predicted octanol–water partition coefficient (Wildman–Crippen LogP) is 6.70. The molecule has 0 spiro atoms. The highest BCUT2D eigenvalue weighted by Gasteiger charge is 2.30. The highest BCUT2D eigenvalue weighted by atomic mass is 32.2. The number of rotatable bonds is 12. The van der Waals surface area contributed by atoms with Gasteiger partial charge in [0.25, 0.3) is 5.91 Å². The molecule has 3 aromatic carbocycles. The maximum atomic E-state index is 13.2. The molecule has 11 heteroatoms. The molecular formula is C29H29F3N4O3S. The first-order valence-electron chi connectivity index (χ1n) is 12.7. The molecule has 0 aliphatic carbocycles. The van der Waals surface area contributed by atoms with Crippen molar-refractivity contribution in [2.24, 2.45) is 0 Å². The second-order valence-electron chi connectivity index (χ2n) is 8.80. The van der Waals surface area contributed by atoms with Crippen LogP contribution in [0.5, 0.6) is 11.5 Å². The first kappa shape index (κ1) is 29.0. The Hall–Kier alpha value is -3.99. The van der Waals surface area contributed by atoms with E-state index in [1.54, 1.807) is 41.0 Å². The smallest absolute Gasteiger partial charge is 0.416 e. The zero-order valence-electron chi connectivity index (χ0n) is 22.1. The molecule has 0 radical (unpaired) electrons. The van der Waals surface area contributed by atoms with Crippen molar-refractivity contribution in [3.63, 3.8) is 0 Å². The number of methoxy groups -OCH3 is 1. The van der Waals surface area contributed by atoms with Crippen molar-refractivity contribution in [1.29, 1.82) is 0 Å². The highest BCUT2D eigenvalue weighted by Crippen LogP contribution is 2.33. The Bertz CT molecular complexity index is 1420. The first-order chi connectivity index (χ1) is 19.3. The largest absolute Gasteiger partial charge is 0.495 e. The van der Waals surface area contributed by atoms with Crippen molar-refractivity contribution in [1.82, 2.24) is 20.1 Å². The number of unbranched alkanes of at least 4 members (excludes halogenated alkanes) is 1. The van der Waals surface area contributed by atoms with Crippen LogP contribution in [0.3, 0.4) is 0 Å². The number of nitrogens with zero attached hydrogens (tertiary/aromatic N) is 3. The van der Waals surface area contributed by atoms with Crippen LogP contribution in [0, 0.1) is 0 Å². The van der Waals surface area contributed by atoms with Gasteiger partial charge in [0.2, 0.25) is 0 Å². The summed E-state index contributed by atoms with van der Waals surface area (Å²) in [6.45, 7) is 2.76. The minimum Gasteiger partial charge on any atom is -0.495 e. The van der Waals surface area contributed by atoms with E-state index in [0.717, 1.165) is 25.0 Å². The van der Waals surface area contributed by atoms with Crippen LogP contribution in [-0.4, -0.2) is 34.4 Å². The second-order valence-corrected chi connectivity index (χ2v) is 9.74. The minimum absolute atomic E-state index is 0.0583. The molecule has 7 nitrogen and oxygen atoms in total.